The molecule has 0 radical (unpaired) electrons. The van der Waals surface area contributed by atoms with Gasteiger partial charge in [0.1, 0.15) is 12.3 Å². The van der Waals surface area contributed by atoms with Crippen LogP contribution in [0.2, 0.25) is 0 Å². The van der Waals surface area contributed by atoms with Crippen LogP contribution in [0.25, 0.3) is 6.08 Å². The fraction of sp³-hybridized carbons (Fsp3) is 0.545. The summed E-state index contributed by atoms with van der Waals surface area (Å²) < 4.78 is 15.4. The molecular weight excluding hydrogens is 404 g/mol. The monoisotopic (exact) mass is 434 g/mol. The van der Waals surface area contributed by atoms with E-state index < -0.39 is 6.29 Å². The lowest BCUT2D eigenvalue weighted by Crippen LogP contribution is -2.54. The zero-order chi connectivity index (χ0) is 21.5. The Morgan fingerprint density at radius 2 is 1.90 bits per heavy atom. The molecule has 2 aliphatic rings. The number of hydrogen-bond donors (Lipinski definition) is 1. The molecule has 7 nitrogen and oxygen atoms in total. The van der Waals surface area contributed by atoms with Gasteiger partial charge in [0.05, 0.1) is 18.6 Å². The summed E-state index contributed by atoms with van der Waals surface area (Å²) in [5, 5.41) is 3.12. The molecule has 164 valence electrons. The van der Waals surface area contributed by atoms with Gasteiger partial charge in [-0.1, -0.05) is 25.0 Å². The van der Waals surface area contributed by atoms with E-state index in [1.54, 1.807) is 23.8 Å². The molecule has 1 heterocycles. The molecule has 2 atom stereocenters. The van der Waals surface area contributed by atoms with E-state index in [1.165, 1.54) is 14.2 Å². The van der Waals surface area contributed by atoms with Crippen LogP contribution in [0.1, 0.15) is 31.2 Å². The highest BCUT2D eigenvalue weighted by Gasteiger charge is 2.41. The molecule has 8 heteroatoms. The first kappa shape index (κ1) is 22.7. The second-order valence-corrected chi connectivity index (χ2v) is 8.71. The molecule has 1 aliphatic heterocycles. The summed E-state index contributed by atoms with van der Waals surface area (Å²) in [6.45, 7) is 0.284. The van der Waals surface area contributed by atoms with Crippen LogP contribution in [0.3, 0.4) is 0 Å². The molecule has 2 amide bonds. The summed E-state index contributed by atoms with van der Waals surface area (Å²) in [6, 6.07) is 7.70. The Morgan fingerprint density at radius 1 is 1.20 bits per heavy atom. The van der Waals surface area contributed by atoms with Crippen molar-refractivity contribution >= 4 is 29.7 Å². The first-order valence-electron chi connectivity index (χ1n) is 10.2. The topological polar surface area (TPSA) is 77.1 Å². The molecule has 1 N–H and O–H groups in total. The van der Waals surface area contributed by atoms with Crippen molar-refractivity contribution in [2.45, 2.75) is 43.3 Å². The number of thioether (sulfide) groups is 1. The zero-order valence-corrected chi connectivity index (χ0v) is 18.6. The predicted octanol–water partition coefficient (Wildman–Crippen LogP) is 2.66. The average Bonchev–Trinajstić information content (AvgIpc) is 2.77. The van der Waals surface area contributed by atoms with Gasteiger partial charge in [-0.3, -0.25) is 9.59 Å². The highest BCUT2D eigenvalue weighted by atomic mass is 32.2. The molecule has 0 spiro atoms. The molecular formula is C22H30N2O5S. The first-order chi connectivity index (χ1) is 14.5. The van der Waals surface area contributed by atoms with E-state index in [-0.39, 0.29) is 30.9 Å². The normalized spacial score (nSPS) is 22.9. The van der Waals surface area contributed by atoms with E-state index in [2.05, 4.69) is 5.32 Å². The number of benzene rings is 1. The third-order valence-corrected chi connectivity index (χ3v) is 6.94. The fourth-order valence-corrected chi connectivity index (χ4v) is 5.36. The van der Waals surface area contributed by atoms with E-state index in [9.17, 15) is 9.59 Å². The Hall–Kier alpha value is -2.03. The quantitative estimate of drug-likeness (QED) is 0.501. The summed E-state index contributed by atoms with van der Waals surface area (Å²) >= 11 is 1.65. The number of rotatable bonds is 8. The van der Waals surface area contributed by atoms with Crippen LogP contribution < -0.4 is 10.1 Å². The maximum absolute atomic E-state index is 13.3. The van der Waals surface area contributed by atoms with Gasteiger partial charge in [0.25, 0.3) is 5.91 Å². The van der Waals surface area contributed by atoms with Gasteiger partial charge in [-0.2, -0.15) is 0 Å². The minimum absolute atomic E-state index is 0.0423. The van der Waals surface area contributed by atoms with Crippen LogP contribution in [0.4, 0.5) is 0 Å². The van der Waals surface area contributed by atoms with E-state index in [0.717, 1.165) is 37.0 Å². The van der Waals surface area contributed by atoms with E-state index in [4.69, 9.17) is 14.2 Å². The van der Waals surface area contributed by atoms with Crippen molar-refractivity contribution in [2.75, 3.05) is 34.4 Å². The van der Waals surface area contributed by atoms with E-state index >= 15 is 0 Å². The smallest absolute Gasteiger partial charge is 0.261 e. The lowest BCUT2D eigenvalue weighted by Gasteiger charge is -2.43. The van der Waals surface area contributed by atoms with Gasteiger partial charge in [-0.25, -0.2) is 0 Å². The largest absolute Gasteiger partial charge is 0.497 e. The predicted molar refractivity (Wildman–Crippen MR) is 117 cm³/mol. The van der Waals surface area contributed by atoms with Crippen molar-refractivity contribution in [1.82, 2.24) is 10.2 Å². The summed E-state index contributed by atoms with van der Waals surface area (Å²) in [5.74, 6) is 0.488. The second kappa shape index (κ2) is 10.8. The van der Waals surface area contributed by atoms with Gasteiger partial charge >= 0.3 is 0 Å². The van der Waals surface area contributed by atoms with Crippen LogP contribution >= 0.6 is 11.8 Å². The SMILES string of the molecule is COc1ccc(/C=C2\SC3CCCCC3N(CC(=O)NCC(OC)OC)C2=O)cc1. The van der Waals surface area contributed by atoms with Gasteiger partial charge in [0, 0.05) is 25.5 Å². The molecule has 2 unspecified atom stereocenters. The number of nitrogens with one attached hydrogen (secondary N) is 1. The molecule has 1 aromatic rings. The number of nitrogens with zero attached hydrogens (tertiary/aromatic N) is 1. The number of fused-ring (bicyclic) bond motifs is 1. The maximum Gasteiger partial charge on any atom is 0.261 e. The zero-order valence-electron chi connectivity index (χ0n) is 17.8. The van der Waals surface area contributed by atoms with Crippen LogP contribution in [-0.2, 0) is 19.1 Å². The number of ether oxygens (including phenoxy) is 3. The van der Waals surface area contributed by atoms with Gasteiger partial charge in [-0.15, -0.1) is 11.8 Å². The van der Waals surface area contributed by atoms with Gasteiger partial charge in [0.2, 0.25) is 5.91 Å². The summed E-state index contributed by atoms with van der Waals surface area (Å²) in [6.07, 6.45) is 5.63. The molecule has 1 aliphatic carbocycles. The van der Waals surface area contributed by atoms with Crippen molar-refractivity contribution in [2.24, 2.45) is 0 Å². The van der Waals surface area contributed by atoms with Crippen LogP contribution in [0.15, 0.2) is 29.2 Å². The molecule has 0 bridgehead atoms. The third-order valence-electron chi connectivity index (χ3n) is 5.54. The van der Waals surface area contributed by atoms with Crippen molar-refractivity contribution in [3.05, 3.63) is 34.7 Å². The number of carbonyl (C=O) groups excluding carboxylic acids is 2. The summed E-state index contributed by atoms with van der Waals surface area (Å²) in [7, 11) is 4.67. The number of methoxy groups -OCH3 is 3. The third kappa shape index (κ3) is 5.56. The highest BCUT2D eigenvalue weighted by Crippen LogP contribution is 2.42. The average molecular weight is 435 g/mol. The molecule has 1 aromatic carbocycles. The molecule has 1 saturated heterocycles. The Bertz CT molecular complexity index is 763. The summed E-state index contributed by atoms with van der Waals surface area (Å²) in [4.78, 5) is 28.3. The van der Waals surface area contributed by atoms with Gasteiger partial charge < -0.3 is 24.4 Å². The van der Waals surface area contributed by atoms with Crippen LogP contribution in [0.5, 0.6) is 5.75 Å². The lowest BCUT2D eigenvalue weighted by molar-refractivity contribution is -0.137. The molecule has 30 heavy (non-hydrogen) atoms. The van der Waals surface area contributed by atoms with Crippen molar-refractivity contribution in [1.29, 1.82) is 0 Å². The Labute approximate surface area is 182 Å². The minimum Gasteiger partial charge on any atom is -0.497 e. The Morgan fingerprint density at radius 3 is 2.57 bits per heavy atom. The summed E-state index contributed by atoms with van der Waals surface area (Å²) in [5.41, 5.74) is 0.938. The van der Waals surface area contributed by atoms with E-state index in [0.29, 0.717) is 10.2 Å². The van der Waals surface area contributed by atoms with Crippen LogP contribution in [-0.4, -0.2) is 68.7 Å². The fourth-order valence-electron chi connectivity index (χ4n) is 3.88. The first-order valence-corrected chi connectivity index (χ1v) is 11.1. The Balaban J connectivity index is 1.74. The molecule has 0 aromatic heterocycles. The lowest BCUT2D eigenvalue weighted by atomic mass is 9.93. The standard InChI is InChI=1S/C22H30N2O5S/c1-27-16-10-8-15(9-11-16)12-19-22(26)24(17-6-4-5-7-18(17)30-19)14-20(25)23-13-21(28-2)29-3/h8-12,17-18,21H,4-7,13-14H2,1-3H3,(H,23,25)/b19-12-. The van der Waals surface area contributed by atoms with Gasteiger partial charge in [0.15, 0.2) is 6.29 Å². The van der Waals surface area contributed by atoms with Gasteiger partial charge in [-0.05, 0) is 36.6 Å². The number of carbonyl (C=O) groups is 2. The maximum atomic E-state index is 13.3. The van der Waals surface area contributed by atoms with Crippen molar-refractivity contribution in [3.8, 4) is 5.75 Å². The second-order valence-electron chi connectivity index (χ2n) is 7.43. The molecule has 3 rings (SSSR count). The highest BCUT2D eigenvalue weighted by molar-refractivity contribution is 8.04. The van der Waals surface area contributed by atoms with Crippen molar-refractivity contribution in [3.63, 3.8) is 0 Å². The molecule has 2 fully saturated rings. The van der Waals surface area contributed by atoms with Crippen molar-refractivity contribution < 1.29 is 23.8 Å². The minimum atomic E-state index is -0.505. The molecule has 1 saturated carbocycles. The number of amides is 2. The Kier molecular flexibility index (Phi) is 8.18. The van der Waals surface area contributed by atoms with Crippen LogP contribution in [0, 0.1) is 0 Å². The number of hydrogen-bond acceptors (Lipinski definition) is 6. The van der Waals surface area contributed by atoms with E-state index in [1.807, 2.05) is 30.3 Å².